The van der Waals surface area contributed by atoms with Crippen LogP contribution in [0.25, 0.3) is 0 Å². The van der Waals surface area contributed by atoms with E-state index in [0.29, 0.717) is 26.1 Å². The number of carboxylic acids is 2. The molecule has 0 aromatic heterocycles. The zero-order valence-corrected chi connectivity index (χ0v) is 45.5. The van der Waals surface area contributed by atoms with Gasteiger partial charge in [-0.1, -0.05) is 190 Å². The van der Waals surface area contributed by atoms with Crippen LogP contribution < -0.4 is 10.2 Å². The van der Waals surface area contributed by atoms with E-state index in [1.807, 2.05) is 36.4 Å². The zero-order valence-electron chi connectivity index (χ0n) is 41.1. The van der Waals surface area contributed by atoms with Gasteiger partial charge in [-0.05, 0) is 62.5 Å². The molecule has 0 fully saturated rings. The Morgan fingerprint density at radius 3 is 0.954 bits per heavy atom. The molecule has 0 aliphatic heterocycles. The topological polar surface area (TPSA) is 151 Å². The number of carboxylic acid groups (broad SMARTS) is 2. The maximum atomic E-state index is 11.2. The Hall–Kier alpha value is -2.19. The second-order valence-electron chi connectivity index (χ2n) is 17.5. The van der Waals surface area contributed by atoms with Crippen LogP contribution in [0.3, 0.4) is 0 Å². The largest absolute Gasteiger partial charge is 2.00 e. The fraction of sp³-hybridized carbons (Fsp3) is 0.704. The monoisotopic (exact) mass is 1030 g/mol. The van der Waals surface area contributed by atoms with Crippen molar-refractivity contribution in [1.29, 1.82) is 0 Å². The molecule has 0 bridgehead atoms. The van der Waals surface area contributed by atoms with E-state index in [4.69, 9.17) is 18.9 Å². The van der Waals surface area contributed by atoms with Gasteiger partial charge in [0.15, 0.2) is 0 Å². The molecule has 0 spiro atoms. The molecule has 0 aliphatic rings. The average molecular weight is 1030 g/mol. The maximum Gasteiger partial charge on any atom is 2.00 e. The Kier molecular flexibility index (Phi) is 42.8. The molecule has 364 valence electrons. The molecule has 4 atom stereocenters. The minimum Gasteiger partial charge on any atom is -0.550 e. The SMILES string of the molecule is CCCCCCCCCCC(CCCCC(CC(=O)[O-])OC(C)=O)OCc1ccccc1.CCCCCCCCCCC(CCCCC(CC(=O)[O-])OC(C)=O)OCc1ccccc1.[Ba+2]. The van der Waals surface area contributed by atoms with E-state index in [0.717, 1.165) is 51.4 Å². The van der Waals surface area contributed by atoms with Gasteiger partial charge in [0.2, 0.25) is 0 Å². The van der Waals surface area contributed by atoms with E-state index in [9.17, 15) is 29.4 Å². The first-order valence-electron chi connectivity index (χ1n) is 25.1. The minimum atomic E-state index is -1.19. The number of esters is 2. The summed E-state index contributed by atoms with van der Waals surface area (Å²) in [6.07, 6.45) is 27.9. The number of rotatable bonds is 40. The van der Waals surface area contributed by atoms with Crippen LogP contribution in [0.4, 0.5) is 0 Å². The van der Waals surface area contributed by atoms with Gasteiger partial charge in [0, 0.05) is 38.6 Å². The van der Waals surface area contributed by atoms with Crippen molar-refractivity contribution in [2.24, 2.45) is 0 Å². The summed E-state index contributed by atoms with van der Waals surface area (Å²) in [6, 6.07) is 20.4. The minimum absolute atomic E-state index is 0. The van der Waals surface area contributed by atoms with Gasteiger partial charge in [-0.2, -0.15) is 0 Å². The molecule has 0 heterocycles. The van der Waals surface area contributed by atoms with E-state index in [-0.39, 0.29) is 73.9 Å². The Morgan fingerprint density at radius 2 is 0.677 bits per heavy atom. The second kappa shape index (κ2) is 44.3. The molecule has 2 aromatic rings. The standard InChI is InChI=1S/2C27H44O5.Ba/c2*1-3-4-5-6-7-8-9-13-18-25(31-22-24-16-11-10-12-17-24)19-14-15-20-26(21-27(29)30)32-23(2)28;/h2*10-12,16-17,25-26H,3-9,13-15,18-22H2,1-2H3,(H,29,30);/q;;+2/p-2. The van der Waals surface area contributed by atoms with Gasteiger partial charge in [-0.3, -0.25) is 9.59 Å². The van der Waals surface area contributed by atoms with Crippen LogP contribution in [-0.2, 0) is 51.3 Å². The number of benzene rings is 2. The van der Waals surface area contributed by atoms with Gasteiger partial charge in [-0.15, -0.1) is 0 Å². The third kappa shape index (κ3) is 40.6. The average Bonchev–Trinajstić information content (AvgIpc) is 3.26. The number of hydrogen-bond donors (Lipinski definition) is 0. The summed E-state index contributed by atoms with van der Waals surface area (Å²) >= 11 is 0. The summed E-state index contributed by atoms with van der Waals surface area (Å²) < 4.78 is 22.7. The summed E-state index contributed by atoms with van der Waals surface area (Å²) in [5.74, 6) is -3.27. The summed E-state index contributed by atoms with van der Waals surface area (Å²) in [6.45, 7) is 8.33. The van der Waals surface area contributed by atoms with Crippen molar-refractivity contribution < 1.29 is 48.3 Å². The third-order valence-electron chi connectivity index (χ3n) is 11.5. The van der Waals surface area contributed by atoms with E-state index < -0.39 is 36.1 Å². The first-order chi connectivity index (χ1) is 31.0. The van der Waals surface area contributed by atoms with Gasteiger partial charge in [0.05, 0.1) is 25.4 Å². The maximum absolute atomic E-state index is 11.2. The molecule has 10 nitrogen and oxygen atoms in total. The predicted molar refractivity (Wildman–Crippen MR) is 258 cm³/mol. The first kappa shape index (κ1) is 62.8. The molecule has 0 aliphatic carbocycles. The molecule has 0 saturated heterocycles. The van der Waals surface area contributed by atoms with Crippen molar-refractivity contribution in [3.8, 4) is 0 Å². The van der Waals surface area contributed by atoms with E-state index in [2.05, 4.69) is 38.1 Å². The molecule has 0 N–H and O–H groups in total. The number of carbonyl (C=O) groups excluding carboxylic acids is 4. The van der Waals surface area contributed by atoms with Gasteiger partial charge in [0.25, 0.3) is 0 Å². The Labute approximate surface area is 434 Å². The third-order valence-corrected chi connectivity index (χ3v) is 11.5. The van der Waals surface area contributed by atoms with Crippen molar-refractivity contribution >= 4 is 72.8 Å². The van der Waals surface area contributed by atoms with Crippen LogP contribution in [0.1, 0.15) is 219 Å². The number of ether oxygens (including phenoxy) is 4. The van der Waals surface area contributed by atoms with Crippen molar-refractivity contribution in [2.45, 2.75) is 245 Å². The van der Waals surface area contributed by atoms with Crippen LogP contribution in [0.2, 0.25) is 0 Å². The number of carbonyl (C=O) groups is 4. The second-order valence-corrected chi connectivity index (χ2v) is 17.5. The van der Waals surface area contributed by atoms with Crippen molar-refractivity contribution in [3.63, 3.8) is 0 Å². The summed E-state index contributed by atoms with van der Waals surface area (Å²) in [4.78, 5) is 44.1. The molecular weight excluding hydrogens is 946 g/mol. The summed E-state index contributed by atoms with van der Waals surface area (Å²) in [5.41, 5.74) is 2.36. The smallest absolute Gasteiger partial charge is 0.550 e. The summed E-state index contributed by atoms with van der Waals surface area (Å²) in [5, 5.41) is 21.7. The van der Waals surface area contributed by atoms with Crippen molar-refractivity contribution in [1.82, 2.24) is 0 Å². The normalized spacial score (nSPS) is 12.7. The van der Waals surface area contributed by atoms with Gasteiger partial charge in [0.1, 0.15) is 12.2 Å². The van der Waals surface area contributed by atoms with E-state index >= 15 is 0 Å². The molecule has 0 saturated carbocycles. The molecule has 11 heteroatoms. The molecule has 0 radical (unpaired) electrons. The van der Waals surface area contributed by atoms with Gasteiger partial charge < -0.3 is 38.7 Å². The van der Waals surface area contributed by atoms with Crippen LogP contribution in [0.5, 0.6) is 0 Å². The predicted octanol–water partition coefficient (Wildman–Crippen LogP) is 11.1. The molecule has 4 unspecified atom stereocenters. The molecule has 2 rings (SSSR count). The fourth-order valence-electron chi connectivity index (χ4n) is 7.94. The fourth-order valence-corrected chi connectivity index (χ4v) is 7.94. The number of hydrogen-bond acceptors (Lipinski definition) is 10. The van der Waals surface area contributed by atoms with Crippen molar-refractivity contribution in [2.75, 3.05) is 0 Å². The Bertz CT molecular complexity index is 1290. The first-order valence-corrected chi connectivity index (χ1v) is 25.1. The molecular formula is C54H86BaO10. The Morgan fingerprint density at radius 1 is 0.415 bits per heavy atom. The molecule has 65 heavy (non-hydrogen) atoms. The molecule has 2 aromatic carbocycles. The van der Waals surface area contributed by atoms with E-state index in [1.54, 1.807) is 0 Å². The van der Waals surface area contributed by atoms with Gasteiger partial charge >= 0.3 is 60.8 Å². The van der Waals surface area contributed by atoms with Crippen LogP contribution in [0.15, 0.2) is 60.7 Å². The Balaban J connectivity index is 0.00000124. The summed E-state index contributed by atoms with van der Waals surface area (Å²) in [7, 11) is 0. The van der Waals surface area contributed by atoms with Crippen LogP contribution in [-0.4, -0.2) is 97.2 Å². The number of unbranched alkanes of at least 4 members (excludes halogenated alkanes) is 16. The number of aliphatic carboxylic acids is 2. The van der Waals surface area contributed by atoms with E-state index in [1.165, 1.54) is 128 Å². The van der Waals surface area contributed by atoms with Gasteiger partial charge in [-0.25, -0.2) is 0 Å². The molecule has 0 amide bonds. The zero-order chi connectivity index (χ0) is 46.9. The van der Waals surface area contributed by atoms with Crippen LogP contribution >= 0.6 is 0 Å². The van der Waals surface area contributed by atoms with Crippen LogP contribution in [0, 0.1) is 0 Å². The van der Waals surface area contributed by atoms with Crippen molar-refractivity contribution in [3.05, 3.63) is 71.8 Å². The quantitative estimate of drug-likeness (QED) is 0.0358.